The van der Waals surface area contributed by atoms with Gasteiger partial charge < -0.3 is 28.8 Å². The van der Waals surface area contributed by atoms with Crippen LogP contribution in [0, 0.1) is 13.8 Å². The SMILES string of the molecule is CC(=O)OCC(C)(C)O[C@H](COC(c1ccccc1)(c1ccccc1)c1ccccc1)c1c(C)cc2ccccc2c1Cl.Cc1cc2ccccc2c(Cl)c1[C@@H](COC(c1ccccc1)(c1ccccc1)c1ccccc1)OC(C)(C)CO. The van der Waals surface area contributed by atoms with Crippen LogP contribution in [0.2, 0.25) is 10.0 Å². The van der Waals surface area contributed by atoms with Crippen LogP contribution in [0.15, 0.2) is 243 Å². The van der Waals surface area contributed by atoms with Gasteiger partial charge in [0, 0.05) is 28.8 Å². The Bertz CT molecular complexity index is 3520. The van der Waals surface area contributed by atoms with Gasteiger partial charge in [-0.1, -0.05) is 266 Å². The summed E-state index contributed by atoms with van der Waals surface area (Å²) in [5.74, 6) is -0.361. The maximum absolute atomic E-state index is 11.7. The number of aliphatic hydroxyl groups is 1. The highest BCUT2D eigenvalue weighted by atomic mass is 35.5. The highest BCUT2D eigenvalue weighted by Gasteiger charge is 2.42. The number of halogens is 2. The van der Waals surface area contributed by atoms with Gasteiger partial charge in [0.2, 0.25) is 0 Å². The first kappa shape index (κ1) is 60.2. The summed E-state index contributed by atoms with van der Waals surface area (Å²) in [5.41, 5.74) is 6.22. The number of carbonyl (C=O) groups is 1. The summed E-state index contributed by atoms with van der Waals surface area (Å²) in [7, 11) is 0. The van der Waals surface area contributed by atoms with E-state index in [2.05, 4.69) is 104 Å². The topological polar surface area (TPSA) is 83.5 Å². The molecule has 0 bridgehead atoms. The molecule has 2 atom stereocenters. The van der Waals surface area contributed by atoms with Gasteiger partial charge in [-0.3, -0.25) is 4.79 Å². The molecule has 0 aliphatic rings. The molecule has 0 aliphatic carbocycles. The molecule has 0 aromatic heterocycles. The van der Waals surface area contributed by atoms with E-state index in [1.165, 1.54) is 6.92 Å². The summed E-state index contributed by atoms with van der Waals surface area (Å²) < 4.78 is 33.2. The van der Waals surface area contributed by atoms with E-state index in [4.69, 9.17) is 46.9 Å². The first-order chi connectivity index (χ1) is 40.1. The maximum Gasteiger partial charge on any atom is 0.302 e. The van der Waals surface area contributed by atoms with E-state index in [1.807, 2.05) is 180 Å². The second kappa shape index (κ2) is 26.9. The molecule has 1 N–H and O–H groups in total. The Morgan fingerprint density at radius 2 is 0.711 bits per heavy atom. The monoisotopic (exact) mass is 1140 g/mol. The Balaban J connectivity index is 0.000000200. The van der Waals surface area contributed by atoms with Gasteiger partial charge in [0.15, 0.2) is 0 Å². The zero-order valence-electron chi connectivity index (χ0n) is 48.2. The third kappa shape index (κ3) is 13.7. The molecule has 0 heterocycles. The maximum atomic E-state index is 11.7. The van der Waals surface area contributed by atoms with E-state index in [9.17, 15) is 9.90 Å². The minimum Gasteiger partial charge on any atom is -0.463 e. The molecule has 0 spiro atoms. The first-order valence-corrected chi connectivity index (χ1v) is 28.9. The van der Waals surface area contributed by atoms with Crippen LogP contribution >= 0.6 is 23.2 Å². The minimum atomic E-state index is -0.942. The Hall–Kier alpha value is -7.43. The first-order valence-electron chi connectivity index (χ1n) is 28.1. The minimum absolute atomic E-state index is 0.0876. The molecule has 0 radical (unpaired) electrons. The van der Waals surface area contributed by atoms with E-state index in [0.29, 0.717) is 10.0 Å². The van der Waals surface area contributed by atoms with Crippen LogP contribution in [0.4, 0.5) is 0 Å². The molecule has 424 valence electrons. The number of hydrogen-bond acceptors (Lipinski definition) is 7. The van der Waals surface area contributed by atoms with Gasteiger partial charge >= 0.3 is 5.97 Å². The molecule has 0 saturated heterocycles. The van der Waals surface area contributed by atoms with E-state index in [0.717, 1.165) is 77.2 Å². The number of fused-ring (bicyclic) bond motifs is 2. The Kier molecular flexibility index (Phi) is 19.5. The lowest BCUT2D eigenvalue weighted by Gasteiger charge is -2.39. The zero-order valence-corrected chi connectivity index (χ0v) is 49.7. The van der Waals surface area contributed by atoms with E-state index >= 15 is 0 Å². The summed E-state index contributed by atoms with van der Waals surface area (Å²) in [6.07, 6.45) is -1.13. The van der Waals surface area contributed by atoms with Gasteiger partial charge in [-0.2, -0.15) is 0 Å². The highest BCUT2D eigenvalue weighted by molar-refractivity contribution is 6.37. The molecule has 0 fully saturated rings. The number of benzene rings is 10. The van der Waals surface area contributed by atoms with E-state index in [-0.39, 0.29) is 32.4 Å². The molecule has 0 amide bonds. The van der Waals surface area contributed by atoms with Crippen molar-refractivity contribution < 1.29 is 33.6 Å². The summed E-state index contributed by atoms with van der Waals surface area (Å²) in [6.45, 7) is 13.4. The van der Waals surface area contributed by atoms with Gasteiger partial charge in [0.25, 0.3) is 0 Å². The quantitative estimate of drug-likeness (QED) is 0.0567. The number of carbonyl (C=O) groups excluding carboxylic acids is 1. The van der Waals surface area contributed by atoms with Gasteiger partial charge in [0.05, 0.1) is 41.1 Å². The van der Waals surface area contributed by atoms with Crippen molar-refractivity contribution in [3.05, 3.63) is 308 Å². The second-order valence-corrected chi connectivity index (χ2v) is 22.9. The molecule has 0 unspecified atom stereocenters. The third-order valence-electron chi connectivity index (χ3n) is 15.0. The van der Waals surface area contributed by atoms with Crippen LogP contribution in [0.3, 0.4) is 0 Å². The molecule has 10 aromatic rings. The van der Waals surface area contributed by atoms with Crippen molar-refractivity contribution in [3.63, 3.8) is 0 Å². The van der Waals surface area contributed by atoms with E-state index < -0.39 is 34.6 Å². The van der Waals surface area contributed by atoms with Crippen molar-refractivity contribution in [1.29, 1.82) is 0 Å². The molecule has 7 nitrogen and oxygen atoms in total. The molecule has 9 heteroatoms. The van der Waals surface area contributed by atoms with Crippen molar-refractivity contribution in [1.82, 2.24) is 0 Å². The predicted molar refractivity (Wildman–Crippen MR) is 337 cm³/mol. The Morgan fingerprint density at radius 1 is 0.434 bits per heavy atom. The normalized spacial score (nSPS) is 12.8. The molecule has 10 rings (SSSR count). The number of aliphatic hydroxyl groups excluding tert-OH is 1. The average molecular weight is 1140 g/mol. The summed E-state index contributed by atoms with van der Waals surface area (Å²) in [4.78, 5) is 11.7. The van der Waals surface area contributed by atoms with Gasteiger partial charge in [-0.05, 0) is 96.8 Å². The number of hydrogen-bond donors (Lipinski definition) is 1. The number of rotatable bonds is 21. The highest BCUT2D eigenvalue weighted by Crippen LogP contribution is 2.46. The largest absolute Gasteiger partial charge is 0.463 e. The fraction of sp³-hybridized carbons (Fsp3) is 0.230. The van der Waals surface area contributed by atoms with Crippen LogP contribution < -0.4 is 0 Å². The fourth-order valence-electron chi connectivity index (χ4n) is 11.1. The summed E-state index contributed by atoms with van der Waals surface area (Å²) in [6, 6.07) is 82.0. The number of ether oxygens (including phenoxy) is 5. The lowest BCUT2D eigenvalue weighted by atomic mass is 9.80. The standard InChI is InChI=1S/C38H37ClO4.C36H35ClO3/c1-27-24-29-16-14-15-23-33(29)36(39)35(27)34(43-37(3,4)26-41-28(2)40)25-42-38(30-17-8-5-9-18-30,31-19-10-6-11-20-31)32-21-12-7-13-22-32;1-26-23-27-15-13-14-22-31(27)34(37)33(26)32(40-35(2,3)25-38)24-39-36(28-16-7-4-8-17-28,29-18-9-5-10-19-29)30-20-11-6-12-21-30/h5-24,34H,25-26H2,1-4H3;4-23,32,38H,24-25H2,1-3H3/t34-;32-/m11/s1. The van der Waals surface area contributed by atoms with Crippen LogP contribution in [0.5, 0.6) is 0 Å². The van der Waals surface area contributed by atoms with Crippen LogP contribution in [-0.4, -0.2) is 48.7 Å². The summed E-state index contributed by atoms with van der Waals surface area (Å²) in [5, 5.41) is 15.5. The molecule has 0 saturated carbocycles. The van der Waals surface area contributed by atoms with Crippen LogP contribution in [0.25, 0.3) is 21.5 Å². The van der Waals surface area contributed by atoms with Gasteiger partial charge in [0.1, 0.15) is 30.0 Å². The van der Waals surface area contributed by atoms with E-state index in [1.54, 1.807) is 0 Å². The van der Waals surface area contributed by atoms with Crippen molar-refractivity contribution in [2.24, 2.45) is 0 Å². The van der Waals surface area contributed by atoms with Crippen molar-refractivity contribution in [3.8, 4) is 0 Å². The fourth-order valence-corrected chi connectivity index (χ4v) is 12.0. The number of esters is 1. The zero-order chi connectivity index (χ0) is 58.6. The average Bonchev–Trinajstić information content (AvgIpc) is 3.71. The molecular formula is C74H72Cl2O7. The lowest BCUT2D eigenvalue weighted by molar-refractivity contribution is -0.164. The molecule has 83 heavy (non-hydrogen) atoms. The molecular weight excluding hydrogens is 1070 g/mol. The third-order valence-corrected chi connectivity index (χ3v) is 15.8. The Labute approximate surface area is 499 Å². The predicted octanol–water partition coefficient (Wildman–Crippen LogP) is 17.8. The smallest absolute Gasteiger partial charge is 0.302 e. The van der Waals surface area contributed by atoms with Gasteiger partial charge in [-0.15, -0.1) is 0 Å². The van der Waals surface area contributed by atoms with Crippen LogP contribution in [0.1, 0.15) is 102 Å². The van der Waals surface area contributed by atoms with Gasteiger partial charge in [-0.25, -0.2) is 0 Å². The van der Waals surface area contributed by atoms with Crippen LogP contribution in [-0.2, 0) is 39.7 Å². The van der Waals surface area contributed by atoms with Crippen molar-refractivity contribution in [2.75, 3.05) is 26.4 Å². The molecule has 10 aromatic carbocycles. The Morgan fingerprint density at radius 3 is 1.00 bits per heavy atom. The molecule has 0 aliphatic heterocycles. The second-order valence-electron chi connectivity index (χ2n) is 22.1. The number of aryl methyl sites for hydroxylation is 2. The van der Waals surface area contributed by atoms with Crippen molar-refractivity contribution in [2.45, 2.75) is 83.1 Å². The summed E-state index contributed by atoms with van der Waals surface area (Å²) >= 11 is 14.3. The van der Waals surface area contributed by atoms with Crippen molar-refractivity contribution >= 4 is 50.7 Å². The lowest BCUT2D eigenvalue weighted by Crippen LogP contribution is -2.38.